The smallest absolute Gasteiger partial charge is 0.243 e. The summed E-state index contributed by atoms with van der Waals surface area (Å²) >= 11 is 0. The highest BCUT2D eigenvalue weighted by Gasteiger charge is 2.23. The Morgan fingerprint density at radius 2 is 1.90 bits per heavy atom. The van der Waals surface area contributed by atoms with Crippen LogP contribution in [-0.2, 0) is 4.79 Å². The molecular weight excluding hydrogens is 272 g/mol. The zero-order chi connectivity index (χ0) is 14.7. The Morgan fingerprint density at radius 1 is 1.19 bits per heavy atom. The summed E-state index contributed by atoms with van der Waals surface area (Å²) < 4.78 is 0. The Bertz CT molecular complexity index is 512. The number of nitrogens with one attached hydrogen (secondary N) is 3. The van der Waals surface area contributed by atoms with Crippen LogP contribution in [0.5, 0.6) is 0 Å². The molecule has 2 heterocycles. The highest BCUT2D eigenvalue weighted by molar-refractivity contribution is 5.80. The summed E-state index contributed by atoms with van der Waals surface area (Å²) in [6.45, 7) is 2.00. The predicted molar refractivity (Wildman–Crippen MR) is 78.7 cm³/mol. The van der Waals surface area contributed by atoms with Gasteiger partial charge in [-0.05, 0) is 25.7 Å². The second-order valence-corrected chi connectivity index (χ2v) is 5.32. The van der Waals surface area contributed by atoms with Gasteiger partial charge in [-0.1, -0.05) is 0 Å². The lowest BCUT2D eigenvalue weighted by Gasteiger charge is -2.16. The molecule has 2 aliphatic rings. The summed E-state index contributed by atoms with van der Waals surface area (Å²) in [7, 11) is 0. The second-order valence-electron chi connectivity index (χ2n) is 5.32. The van der Waals surface area contributed by atoms with Crippen molar-refractivity contribution in [2.24, 2.45) is 5.84 Å². The van der Waals surface area contributed by atoms with E-state index in [1.54, 1.807) is 0 Å². The molecule has 0 bridgehead atoms. The van der Waals surface area contributed by atoms with Crippen molar-refractivity contribution in [2.45, 2.75) is 31.7 Å². The van der Waals surface area contributed by atoms with Crippen LogP contribution in [0.2, 0.25) is 0 Å². The molecule has 114 valence electrons. The molecule has 0 unspecified atom stereocenters. The number of carbonyl (C=O) groups excluding carboxylic acids is 1. The minimum absolute atomic E-state index is 0.0529. The number of nitrogens with zero attached hydrogens (tertiary/aromatic N) is 4. The molecule has 5 N–H and O–H groups in total. The van der Waals surface area contributed by atoms with Crippen LogP contribution in [0.1, 0.15) is 25.7 Å². The molecule has 21 heavy (non-hydrogen) atoms. The number of hydrazine groups is 1. The summed E-state index contributed by atoms with van der Waals surface area (Å²) in [5.74, 6) is 6.56. The number of nitrogen functional groups attached to an aromatic ring is 1. The third-order valence-corrected chi connectivity index (χ3v) is 3.49. The van der Waals surface area contributed by atoms with Gasteiger partial charge in [0, 0.05) is 19.1 Å². The fraction of sp³-hybridized carbons (Fsp3) is 0.667. The monoisotopic (exact) mass is 292 g/mol. The van der Waals surface area contributed by atoms with Crippen molar-refractivity contribution in [2.75, 3.05) is 35.3 Å². The molecule has 0 aromatic carbocycles. The molecule has 1 aliphatic heterocycles. The first-order valence-electron chi connectivity index (χ1n) is 7.25. The largest absolute Gasteiger partial charge is 0.352 e. The Hall–Kier alpha value is -2.16. The number of hydrogen-bond donors (Lipinski definition) is 4. The van der Waals surface area contributed by atoms with Gasteiger partial charge in [-0.15, -0.1) is 0 Å². The Morgan fingerprint density at radius 3 is 2.57 bits per heavy atom. The van der Waals surface area contributed by atoms with Crippen LogP contribution in [0.3, 0.4) is 0 Å². The van der Waals surface area contributed by atoms with E-state index in [0.717, 1.165) is 38.8 Å². The number of rotatable bonds is 6. The second kappa shape index (κ2) is 6.08. The molecule has 1 saturated heterocycles. The van der Waals surface area contributed by atoms with Crippen molar-refractivity contribution >= 4 is 23.8 Å². The van der Waals surface area contributed by atoms with Gasteiger partial charge in [0.1, 0.15) is 0 Å². The Balaban J connectivity index is 1.64. The highest BCUT2D eigenvalue weighted by atomic mass is 16.2. The topological polar surface area (TPSA) is 121 Å². The predicted octanol–water partition coefficient (Wildman–Crippen LogP) is -0.552. The van der Waals surface area contributed by atoms with Crippen LogP contribution in [0.4, 0.5) is 17.8 Å². The quantitative estimate of drug-likeness (QED) is 0.407. The molecule has 1 aromatic rings. The van der Waals surface area contributed by atoms with Crippen molar-refractivity contribution in [3.8, 4) is 0 Å². The standard InChI is InChI=1S/C12H20N8O/c13-19-11-16-10(14-7-9(21)15-8-3-4-8)17-12(18-11)20-5-1-2-6-20/h8H,1-7,13H2,(H,15,21)(H2,14,16,17,18,19). The number of carbonyl (C=O) groups is 1. The minimum Gasteiger partial charge on any atom is -0.352 e. The fourth-order valence-electron chi connectivity index (χ4n) is 2.23. The van der Waals surface area contributed by atoms with E-state index in [9.17, 15) is 4.79 Å². The molecule has 1 amide bonds. The van der Waals surface area contributed by atoms with E-state index in [2.05, 4.69) is 35.9 Å². The van der Waals surface area contributed by atoms with Gasteiger partial charge >= 0.3 is 0 Å². The summed E-state index contributed by atoms with van der Waals surface area (Å²) in [5, 5.41) is 5.82. The van der Waals surface area contributed by atoms with Gasteiger partial charge in [-0.25, -0.2) is 5.84 Å². The molecule has 2 fully saturated rings. The van der Waals surface area contributed by atoms with Crippen molar-refractivity contribution in [3.63, 3.8) is 0 Å². The average molecular weight is 292 g/mol. The van der Waals surface area contributed by atoms with Gasteiger partial charge in [0.15, 0.2) is 0 Å². The van der Waals surface area contributed by atoms with E-state index in [0.29, 0.717) is 17.9 Å². The van der Waals surface area contributed by atoms with Crippen molar-refractivity contribution in [1.29, 1.82) is 0 Å². The SMILES string of the molecule is NNc1nc(NCC(=O)NC2CC2)nc(N2CCCC2)n1. The van der Waals surface area contributed by atoms with E-state index in [4.69, 9.17) is 5.84 Å². The number of amides is 1. The van der Waals surface area contributed by atoms with Gasteiger partial charge in [-0.3, -0.25) is 10.2 Å². The van der Waals surface area contributed by atoms with Crippen LogP contribution < -0.4 is 26.8 Å². The lowest BCUT2D eigenvalue weighted by molar-refractivity contribution is -0.119. The molecule has 3 rings (SSSR count). The molecular formula is C12H20N8O. The van der Waals surface area contributed by atoms with Gasteiger partial charge in [0.25, 0.3) is 0 Å². The number of hydrogen-bond acceptors (Lipinski definition) is 8. The molecule has 1 aromatic heterocycles. The molecule has 0 atom stereocenters. The van der Waals surface area contributed by atoms with E-state index in [-0.39, 0.29) is 18.4 Å². The minimum atomic E-state index is -0.0529. The van der Waals surface area contributed by atoms with E-state index in [1.165, 1.54) is 0 Å². The molecule has 9 heteroatoms. The van der Waals surface area contributed by atoms with E-state index in [1.807, 2.05) is 0 Å². The van der Waals surface area contributed by atoms with Crippen LogP contribution in [-0.4, -0.2) is 46.5 Å². The molecule has 9 nitrogen and oxygen atoms in total. The lowest BCUT2D eigenvalue weighted by atomic mass is 10.4. The Kier molecular flexibility index (Phi) is 4.00. The third-order valence-electron chi connectivity index (χ3n) is 3.49. The zero-order valence-electron chi connectivity index (χ0n) is 11.8. The van der Waals surface area contributed by atoms with Gasteiger partial charge < -0.3 is 15.5 Å². The zero-order valence-corrected chi connectivity index (χ0v) is 11.8. The van der Waals surface area contributed by atoms with Crippen molar-refractivity contribution in [3.05, 3.63) is 0 Å². The van der Waals surface area contributed by atoms with Crippen LogP contribution in [0.25, 0.3) is 0 Å². The summed E-state index contributed by atoms with van der Waals surface area (Å²) in [6.07, 6.45) is 4.39. The normalized spacial score (nSPS) is 17.7. The summed E-state index contributed by atoms with van der Waals surface area (Å²) in [5.41, 5.74) is 2.43. The van der Waals surface area contributed by atoms with E-state index >= 15 is 0 Å². The van der Waals surface area contributed by atoms with Crippen molar-refractivity contribution in [1.82, 2.24) is 20.3 Å². The fourth-order valence-corrected chi connectivity index (χ4v) is 2.23. The van der Waals surface area contributed by atoms with Crippen molar-refractivity contribution < 1.29 is 4.79 Å². The first-order valence-corrected chi connectivity index (χ1v) is 7.25. The summed E-state index contributed by atoms with van der Waals surface area (Å²) in [4.78, 5) is 26.5. The molecule has 1 saturated carbocycles. The molecule has 1 aliphatic carbocycles. The van der Waals surface area contributed by atoms with Crippen LogP contribution in [0.15, 0.2) is 0 Å². The number of nitrogens with two attached hydrogens (primary N) is 1. The number of anilines is 3. The Labute approximate surface area is 122 Å². The maximum Gasteiger partial charge on any atom is 0.243 e. The first kappa shape index (κ1) is 13.8. The average Bonchev–Trinajstić information content (AvgIpc) is 3.14. The van der Waals surface area contributed by atoms with Gasteiger partial charge in [0.05, 0.1) is 6.54 Å². The van der Waals surface area contributed by atoms with Crippen LogP contribution >= 0.6 is 0 Å². The summed E-state index contributed by atoms with van der Waals surface area (Å²) in [6, 6.07) is 0.346. The maximum atomic E-state index is 11.7. The van der Waals surface area contributed by atoms with Gasteiger partial charge in [0.2, 0.25) is 23.8 Å². The number of aromatic nitrogens is 3. The lowest BCUT2D eigenvalue weighted by Crippen LogP contribution is -2.32. The maximum absolute atomic E-state index is 11.7. The van der Waals surface area contributed by atoms with E-state index < -0.39 is 0 Å². The van der Waals surface area contributed by atoms with Gasteiger partial charge in [-0.2, -0.15) is 15.0 Å². The molecule has 0 radical (unpaired) electrons. The van der Waals surface area contributed by atoms with Crippen LogP contribution in [0, 0.1) is 0 Å². The first-order chi connectivity index (χ1) is 10.2. The third kappa shape index (κ3) is 3.69. The molecule has 0 spiro atoms. The highest BCUT2D eigenvalue weighted by Crippen LogP contribution is 2.19.